The van der Waals surface area contributed by atoms with E-state index in [1.807, 2.05) is 7.05 Å². The first kappa shape index (κ1) is 14.4. The fourth-order valence-electron chi connectivity index (χ4n) is 4.66. The first-order valence-corrected chi connectivity index (χ1v) is 8.42. The number of fused-ring (bicyclic) bond motifs is 1. The van der Waals surface area contributed by atoms with Crippen LogP contribution in [0.15, 0.2) is 0 Å². The van der Waals surface area contributed by atoms with E-state index in [0.717, 1.165) is 44.4 Å². The lowest BCUT2D eigenvalue weighted by molar-refractivity contribution is -0.116. The van der Waals surface area contributed by atoms with Gasteiger partial charge in [-0.3, -0.25) is 0 Å². The van der Waals surface area contributed by atoms with Crippen molar-refractivity contribution in [3.05, 3.63) is 0 Å². The maximum Gasteiger partial charge on any atom is 0.245 e. The molecule has 3 atom stereocenters. The number of hydrogen-bond donors (Lipinski definition) is 1. The van der Waals surface area contributed by atoms with Crippen LogP contribution in [0.1, 0.15) is 33.1 Å². The zero-order chi connectivity index (χ0) is 15.3. The van der Waals surface area contributed by atoms with Gasteiger partial charge in [0, 0.05) is 50.2 Å². The predicted molar refractivity (Wildman–Crippen MR) is 82.6 cm³/mol. The van der Waals surface area contributed by atoms with E-state index in [4.69, 9.17) is 4.74 Å². The zero-order valence-electron chi connectivity index (χ0n) is 13.7. The maximum atomic E-state index is 5.89. The zero-order valence-corrected chi connectivity index (χ0v) is 13.7. The van der Waals surface area contributed by atoms with E-state index in [1.165, 1.54) is 6.42 Å². The summed E-state index contributed by atoms with van der Waals surface area (Å²) in [5, 5.41) is 15.7. The maximum absolute atomic E-state index is 5.89. The Bertz CT molecular complexity index is 536. The van der Waals surface area contributed by atoms with Crippen LogP contribution in [0.25, 0.3) is 0 Å². The number of aromatic nitrogens is 4. The van der Waals surface area contributed by atoms with Crippen LogP contribution in [0.5, 0.6) is 0 Å². The minimum Gasteiger partial charge on any atom is -0.377 e. The SMILES string of the molecule is Cn1nnnc1N1CCC(NC2[C@@H]3CCO[C@@H]3C2(C)C)CC1. The molecule has 3 aliphatic rings. The van der Waals surface area contributed by atoms with Gasteiger partial charge in [-0.25, -0.2) is 4.68 Å². The van der Waals surface area contributed by atoms with E-state index in [9.17, 15) is 0 Å². The Morgan fingerprint density at radius 3 is 2.68 bits per heavy atom. The Hall–Kier alpha value is -1.21. The van der Waals surface area contributed by atoms with Crippen molar-refractivity contribution in [2.45, 2.75) is 51.3 Å². The highest BCUT2D eigenvalue weighted by Crippen LogP contribution is 2.52. The Kier molecular flexibility index (Phi) is 3.38. The molecule has 1 aromatic rings. The molecule has 0 spiro atoms. The van der Waals surface area contributed by atoms with Crippen LogP contribution < -0.4 is 10.2 Å². The van der Waals surface area contributed by atoms with Crippen LogP contribution in [-0.2, 0) is 11.8 Å². The molecule has 122 valence electrons. The second-order valence-electron chi connectivity index (χ2n) is 7.57. The van der Waals surface area contributed by atoms with Gasteiger partial charge in [-0.1, -0.05) is 18.9 Å². The van der Waals surface area contributed by atoms with Gasteiger partial charge in [-0.2, -0.15) is 0 Å². The molecule has 0 radical (unpaired) electrons. The largest absolute Gasteiger partial charge is 0.377 e. The Labute approximate surface area is 131 Å². The molecule has 2 saturated heterocycles. The van der Waals surface area contributed by atoms with Crippen molar-refractivity contribution >= 4 is 5.95 Å². The Morgan fingerprint density at radius 2 is 2.00 bits per heavy atom. The number of nitrogens with one attached hydrogen (secondary N) is 1. The van der Waals surface area contributed by atoms with Crippen molar-refractivity contribution in [3.8, 4) is 0 Å². The molecule has 4 rings (SSSR count). The van der Waals surface area contributed by atoms with Crippen molar-refractivity contribution in [3.63, 3.8) is 0 Å². The number of hydrogen-bond acceptors (Lipinski definition) is 6. The molecule has 1 saturated carbocycles. The van der Waals surface area contributed by atoms with Crippen molar-refractivity contribution in [2.24, 2.45) is 18.4 Å². The lowest BCUT2D eigenvalue weighted by Gasteiger charge is -2.56. The van der Waals surface area contributed by atoms with Gasteiger partial charge in [-0.15, -0.1) is 0 Å². The van der Waals surface area contributed by atoms with Crippen LogP contribution in [0, 0.1) is 11.3 Å². The topological polar surface area (TPSA) is 68.1 Å². The Balaban J connectivity index is 1.34. The van der Waals surface area contributed by atoms with Crippen LogP contribution in [-0.4, -0.2) is 58.1 Å². The third kappa shape index (κ3) is 2.13. The quantitative estimate of drug-likeness (QED) is 0.881. The number of rotatable bonds is 3. The number of piperidine rings is 1. The number of anilines is 1. The smallest absolute Gasteiger partial charge is 0.245 e. The molecule has 1 aliphatic carbocycles. The normalized spacial score (nSPS) is 34.5. The molecule has 2 aliphatic heterocycles. The first-order valence-electron chi connectivity index (χ1n) is 8.42. The summed E-state index contributed by atoms with van der Waals surface area (Å²) in [7, 11) is 1.90. The summed E-state index contributed by atoms with van der Waals surface area (Å²) in [6.07, 6.45) is 3.99. The first-order chi connectivity index (χ1) is 10.6. The Morgan fingerprint density at radius 1 is 1.23 bits per heavy atom. The minimum absolute atomic E-state index is 0.270. The standard InChI is InChI=1S/C15H26N6O/c1-15(2)12(11-6-9-22-13(11)15)16-10-4-7-21(8-5-10)14-17-18-19-20(14)3/h10-13,16H,4-9H2,1-3H3/t11-,12?,13-/m0/s1. The van der Waals surface area contributed by atoms with Crippen molar-refractivity contribution in [1.29, 1.82) is 0 Å². The van der Waals surface area contributed by atoms with Crippen molar-refractivity contribution in [1.82, 2.24) is 25.5 Å². The average molecular weight is 306 g/mol. The number of tetrazole rings is 1. The summed E-state index contributed by atoms with van der Waals surface area (Å²) >= 11 is 0. The van der Waals surface area contributed by atoms with E-state index < -0.39 is 0 Å². The summed E-state index contributed by atoms with van der Waals surface area (Å²) in [6.45, 7) is 7.66. The van der Waals surface area contributed by atoms with Gasteiger partial charge in [0.2, 0.25) is 5.95 Å². The van der Waals surface area contributed by atoms with Crippen LogP contribution in [0.2, 0.25) is 0 Å². The third-order valence-electron chi connectivity index (χ3n) is 5.89. The van der Waals surface area contributed by atoms with Gasteiger partial charge in [0.1, 0.15) is 0 Å². The fraction of sp³-hybridized carbons (Fsp3) is 0.933. The van der Waals surface area contributed by atoms with Crippen LogP contribution in [0.4, 0.5) is 5.95 Å². The second-order valence-corrected chi connectivity index (χ2v) is 7.57. The van der Waals surface area contributed by atoms with Gasteiger partial charge >= 0.3 is 0 Å². The van der Waals surface area contributed by atoms with E-state index in [1.54, 1.807) is 4.68 Å². The number of aryl methyl sites for hydroxylation is 1. The van der Waals surface area contributed by atoms with Crippen molar-refractivity contribution in [2.75, 3.05) is 24.6 Å². The van der Waals surface area contributed by atoms with E-state index in [0.29, 0.717) is 18.2 Å². The lowest BCUT2D eigenvalue weighted by atomic mass is 9.57. The van der Waals surface area contributed by atoms with E-state index in [-0.39, 0.29) is 5.41 Å². The highest BCUT2D eigenvalue weighted by atomic mass is 16.5. The lowest BCUT2D eigenvalue weighted by Crippen LogP contribution is -2.68. The molecule has 0 aromatic carbocycles. The van der Waals surface area contributed by atoms with Gasteiger partial charge < -0.3 is 15.0 Å². The highest BCUT2D eigenvalue weighted by Gasteiger charge is 2.59. The third-order valence-corrected chi connectivity index (χ3v) is 5.89. The minimum atomic E-state index is 0.270. The van der Waals surface area contributed by atoms with Gasteiger partial charge in [0.25, 0.3) is 0 Å². The number of nitrogens with zero attached hydrogens (tertiary/aromatic N) is 5. The molecule has 3 heterocycles. The summed E-state index contributed by atoms with van der Waals surface area (Å²) in [6, 6.07) is 1.20. The van der Waals surface area contributed by atoms with Crippen LogP contribution >= 0.6 is 0 Å². The fourth-order valence-corrected chi connectivity index (χ4v) is 4.66. The van der Waals surface area contributed by atoms with Crippen molar-refractivity contribution < 1.29 is 4.74 Å². The molecule has 1 unspecified atom stereocenters. The molecule has 3 fully saturated rings. The molecule has 0 amide bonds. The van der Waals surface area contributed by atoms with Gasteiger partial charge in [0.05, 0.1) is 6.10 Å². The highest BCUT2D eigenvalue weighted by molar-refractivity contribution is 5.28. The summed E-state index contributed by atoms with van der Waals surface area (Å²) < 4.78 is 7.65. The monoisotopic (exact) mass is 306 g/mol. The van der Waals surface area contributed by atoms with Gasteiger partial charge in [-0.05, 0) is 29.7 Å². The summed E-state index contributed by atoms with van der Waals surface area (Å²) in [5.41, 5.74) is 0.270. The van der Waals surface area contributed by atoms with Crippen LogP contribution in [0.3, 0.4) is 0 Å². The van der Waals surface area contributed by atoms with E-state index in [2.05, 4.69) is 39.6 Å². The second kappa shape index (κ2) is 5.16. The molecule has 7 nitrogen and oxygen atoms in total. The molecule has 1 N–H and O–H groups in total. The predicted octanol–water partition coefficient (Wildman–Crippen LogP) is 0.582. The van der Waals surface area contributed by atoms with E-state index >= 15 is 0 Å². The molecular weight excluding hydrogens is 280 g/mol. The number of ether oxygens (including phenoxy) is 1. The molecule has 1 aromatic heterocycles. The summed E-state index contributed by atoms with van der Waals surface area (Å²) in [5.74, 6) is 1.60. The average Bonchev–Trinajstić information content (AvgIpc) is 3.13. The summed E-state index contributed by atoms with van der Waals surface area (Å²) in [4.78, 5) is 2.28. The molecular formula is C15H26N6O. The molecule has 0 bridgehead atoms. The molecule has 22 heavy (non-hydrogen) atoms. The van der Waals surface area contributed by atoms with Gasteiger partial charge in [0.15, 0.2) is 0 Å². The molecule has 7 heteroatoms.